The molecule has 1 fully saturated rings. The zero-order valence-corrected chi connectivity index (χ0v) is 20.5. The van der Waals surface area contributed by atoms with Gasteiger partial charge in [-0.3, -0.25) is 4.79 Å². The quantitative estimate of drug-likeness (QED) is 0.359. The first-order chi connectivity index (χ1) is 16.7. The molecule has 35 heavy (non-hydrogen) atoms. The number of benzene rings is 3. The number of alkyl carbamates (subject to hydrolysis) is 1. The summed E-state index contributed by atoms with van der Waals surface area (Å²) in [5.74, 6) is 0. The Kier molecular flexibility index (Phi) is 7.10. The van der Waals surface area contributed by atoms with E-state index in [1.807, 2.05) is 94.4 Å². The third-order valence-corrected chi connectivity index (χ3v) is 6.67. The van der Waals surface area contributed by atoms with Gasteiger partial charge in [-0.15, -0.1) is 0 Å². The molecule has 0 saturated carbocycles. The van der Waals surface area contributed by atoms with Gasteiger partial charge >= 0.3 is 13.2 Å². The van der Waals surface area contributed by atoms with Crippen LogP contribution in [0.15, 0.2) is 72.2 Å². The van der Waals surface area contributed by atoms with Crippen molar-refractivity contribution >= 4 is 36.3 Å². The summed E-state index contributed by atoms with van der Waals surface area (Å²) >= 11 is 0. The fourth-order valence-corrected chi connectivity index (χ4v) is 3.91. The molecule has 3 aromatic rings. The minimum atomic E-state index is -0.701. The average Bonchev–Trinajstić information content (AvgIpc) is 3.07. The molecule has 0 unspecified atom stereocenters. The van der Waals surface area contributed by atoms with Crippen molar-refractivity contribution in [2.75, 3.05) is 6.54 Å². The summed E-state index contributed by atoms with van der Waals surface area (Å²) in [6.45, 7) is 8.19. The van der Waals surface area contributed by atoms with Gasteiger partial charge < -0.3 is 19.4 Å². The first-order valence-corrected chi connectivity index (χ1v) is 11.7. The van der Waals surface area contributed by atoms with Crippen molar-refractivity contribution < 1.29 is 23.6 Å². The van der Waals surface area contributed by atoms with Crippen LogP contribution in [0.2, 0.25) is 0 Å². The van der Waals surface area contributed by atoms with Gasteiger partial charge in [-0.1, -0.05) is 72.8 Å². The molecule has 1 aliphatic rings. The highest BCUT2D eigenvalue weighted by molar-refractivity contribution is 6.56. The van der Waals surface area contributed by atoms with E-state index in [1.165, 1.54) is 0 Å². The lowest BCUT2D eigenvalue weighted by atomic mass is 9.76. The predicted molar refractivity (Wildman–Crippen MR) is 138 cm³/mol. The van der Waals surface area contributed by atoms with Gasteiger partial charge in [0.2, 0.25) is 0 Å². The summed E-state index contributed by atoms with van der Waals surface area (Å²) in [5.41, 5.74) is 1.76. The van der Waals surface area contributed by atoms with Gasteiger partial charge in [0.15, 0.2) is 6.29 Å². The molecule has 7 heteroatoms. The van der Waals surface area contributed by atoms with E-state index in [4.69, 9.17) is 14.0 Å². The van der Waals surface area contributed by atoms with Gasteiger partial charge in [0.25, 0.3) is 0 Å². The Morgan fingerprint density at radius 1 is 0.943 bits per heavy atom. The van der Waals surface area contributed by atoms with Gasteiger partial charge in [-0.25, -0.2) is 4.79 Å². The second-order valence-corrected chi connectivity index (χ2v) is 9.63. The largest absolute Gasteiger partial charge is 0.492 e. The van der Waals surface area contributed by atoms with Crippen LogP contribution in [0.4, 0.5) is 4.79 Å². The highest BCUT2D eigenvalue weighted by Gasteiger charge is 2.52. The molecule has 1 aliphatic heterocycles. The number of hydrogen-bond donors (Lipinski definition) is 1. The number of carbonyl (C=O) groups is 2. The van der Waals surface area contributed by atoms with Crippen molar-refractivity contribution in [3.8, 4) is 0 Å². The second kappa shape index (κ2) is 10.1. The Morgan fingerprint density at radius 3 is 2.29 bits per heavy atom. The molecule has 0 radical (unpaired) electrons. The smallest absolute Gasteiger partial charge is 0.445 e. The van der Waals surface area contributed by atoms with Crippen molar-refractivity contribution in [3.63, 3.8) is 0 Å². The summed E-state index contributed by atoms with van der Waals surface area (Å²) in [4.78, 5) is 24.4. The van der Waals surface area contributed by atoms with Gasteiger partial charge in [0.05, 0.1) is 11.2 Å². The molecule has 0 bridgehead atoms. The summed E-state index contributed by atoms with van der Waals surface area (Å²) < 4.78 is 17.9. The highest BCUT2D eigenvalue weighted by atomic mass is 16.7. The molecule has 4 rings (SSSR count). The normalized spacial score (nSPS) is 16.8. The fraction of sp³-hybridized carbons (Fsp3) is 0.286. The van der Waals surface area contributed by atoms with Crippen molar-refractivity contribution in [3.05, 3.63) is 88.9 Å². The Morgan fingerprint density at radius 2 is 1.60 bits per heavy atom. The van der Waals surface area contributed by atoms with Crippen LogP contribution in [-0.4, -0.2) is 37.2 Å². The van der Waals surface area contributed by atoms with E-state index < -0.39 is 24.4 Å². The van der Waals surface area contributed by atoms with Gasteiger partial charge in [0, 0.05) is 12.1 Å². The third kappa shape index (κ3) is 5.47. The van der Waals surface area contributed by atoms with Crippen molar-refractivity contribution in [2.24, 2.45) is 0 Å². The number of ether oxygens (including phenoxy) is 1. The van der Waals surface area contributed by atoms with Crippen LogP contribution in [0, 0.1) is 0 Å². The molecule has 1 N–H and O–H groups in total. The molecule has 0 atom stereocenters. The number of nitrogens with one attached hydrogen (secondary N) is 1. The fourth-order valence-electron chi connectivity index (χ4n) is 3.91. The van der Waals surface area contributed by atoms with Gasteiger partial charge in [-0.05, 0) is 55.1 Å². The molecule has 1 heterocycles. The number of aldehydes is 1. The van der Waals surface area contributed by atoms with Crippen LogP contribution >= 0.6 is 0 Å². The summed E-state index contributed by atoms with van der Waals surface area (Å²) in [7, 11) is -0.701. The van der Waals surface area contributed by atoms with E-state index in [-0.39, 0.29) is 13.2 Å². The molecule has 1 amide bonds. The zero-order chi connectivity index (χ0) is 25.1. The molecule has 0 aromatic heterocycles. The minimum Gasteiger partial charge on any atom is -0.445 e. The maximum absolute atomic E-state index is 12.5. The van der Waals surface area contributed by atoms with Gasteiger partial charge in [0.1, 0.15) is 6.61 Å². The number of fused-ring (bicyclic) bond motifs is 1. The lowest BCUT2D eigenvalue weighted by molar-refractivity contribution is 0.00578. The van der Waals surface area contributed by atoms with Crippen LogP contribution in [-0.2, 0) is 20.7 Å². The van der Waals surface area contributed by atoms with E-state index in [2.05, 4.69) is 5.32 Å². The first kappa shape index (κ1) is 24.7. The zero-order valence-electron chi connectivity index (χ0n) is 20.5. The Hall–Kier alpha value is -3.42. The summed E-state index contributed by atoms with van der Waals surface area (Å²) in [5, 5.41) is 4.75. The maximum atomic E-state index is 12.5. The summed E-state index contributed by atoms with van der Waals surface area (Å²) in [6, 6.07) is 21.1. The molecule has 6 nitrogen and oxygen atoms in total. The Bertz CT molecular complexity index is 1240. The van der Waals surface area contributed by atoms with Crippen LogP contribution < -0.4 is 5.32 Å². The molecule has 1 saturated heterocycles. The molecule has 180 valence electrons. The minimum absolute atomic E-state index is 0.131. The predicted octanol–water partition coefficient (Wildman–Crippen LogP) is 5.59. The molecular formula is C28H30BNO5. The number of carbonyl (C=O) groups excluding carboxylic acids is 2. The number of rotatable bonds is 7. The third-order valence-electron chi connectivity index (χ3n) is 6.67. The lowest BCUT2D eigenvalue weighted by Crippen LogP contribution is -2.41. The van der Waals surface area contributed by atoms with E-state index in [0.29, 0.717) is 11.0 Å². The van der Waals surface area contributed by atoms with Crippen LogP contribution in [0.25, 0.3) is 16.8 Å². The summed E-state index contributed by atoms with van der Waals surface area (Å²) in [6.07, 6.45) is 2.16. The lowest BCUT2D eigenvalue weighted by Gasteiger charge is -2.32. The molecule has 0 spiro atoms. The van der Waals surface area contributed by atoms with Crippen molar-refractivity contribution in [1.82, 2.24) is 5.32 Å². The van der Waals surface area contributed by atoms with Crippen molar-refractivity contribution in [1.29, 1.82) is 0 Å². The topological polar surface area (TPSA) is 73.9 Å². The van der Waals surface area contributed by atoms with E-state index >= 15 is 0 Å². The first-order valence-electron chi connectivity index (χ1n) is 11.7. The van der Waals surface area contributed by atoms with Crippen LogP contribution in [0.5, 0.6) is 0 Å². The molecule has 0 aliphatic carbocycles. The molecular weight excluding hydrogens is 441 g/mol. The van der Waals surface area contributed by atoms with E-state index in [1.54, 1.807) is 6.07 Å². The van der Waals surface area contributed by atoms with Gasteiger partial charge in [-0.2, -0.15) is 0 Å². The highest BCUT2D eigenvalue weighted by Crippen LogP contribution is 2.39. The average molecular weight is 471 g/mol. The maximum Gasteiger partial charge on any atom is 0.492 e. The Balaban J connectivity index is 1.63. The van der Waals surface area contributed by atoms with Crippen LogP contribution in [0.1, 0.15) is 49.2 Å². The van der Waals surface area contributed by atoms with E-state index in [0.717, 1.165) is 28.2 Å². The van der Waals surface area contributed by atoms with Crippen molar-refractivity contribution in [2.45, 2.75) is 45.5 Å². The number of amides is 1. The molecule has 3 aromatic carbocycles. The number of hydrogen-bond acceptors (Lipinski definition) is 5. The standard InChI is InChI=1S/C28H30BNO5/c1-27(2)28(3,4)35-29(34-27)23(17-30-26(32)33-19-20-10-6-5-7-11-20)16-25-22(18-31)15-14-21-12-8-9-13-24(21)25/h5-16,18H,17,19H2,1-4H3,(H,30,32). The second-order valence-electron chi connectivity index (χ2n) is 9.63. The van der Waals surface area contributed by atoms with E-state index in [9.17, 15) is 9.59 Å². The SMILES string of the molecule is CC1(C)OB(C(=Cc2c(C=O)ccc3ccccc23)CNC(=O)OCc2ccccc2)OC1(C)C. The van der Waals surface area contributed by atoms with Crippen LogP contribution in [0.3, 0.4) is 0 Å². The Labute approximate surface area is 206 Å². The monoisotopic (exact) mass is 471 g/mol.